The molecule has 0 aliphatic carbocycles. The average molecular weight is 273 g/mol. The molecule has 98 valence electrons. The van der Waals surface area contributed by atoms with Crippen LogP contribution in [0.2, 0.25) is 0 Å². The lowest BCUT2D eigenvalue weighted by molar-refractivity contribution is -0.137. The molecule has 0 spiro atoms. The molecule has 0 N–H and O–H groups in total. The first-order valence-corrected chi connectivity index (χ1v) is 6.61. The van der Waals surface area contributed by atoms with E-state index >= 15 is 0 Å². The molecule has 5 heteroatoms. The molecule has 1 rings (SSSR count). The van der Waals surface area contributed by atoms with Gasteiger partial charge in [0.1, 0.15) is 6.07 Å². The number of benzene rings is 1. The van der Waals surface area contributed by atoms with Gasteiger partial charge < -0.3 is 0 Å². The first-order valence-electron chi connectivity index (χ1n) is 5.62. The van der Waals surface area contributed by atoms with Gasteiger partial charge in [0.2, 0.25) is 0 Å². The van der Waals surface area contributed by atoms with Crippen molar-refractivity contribution in [3.63, 3.8) is 0 Å². The summed E-state index contributed by atoms with van der Waals surface area (Å²) in [5.41, 5.74) is -0.676. The quantitative estimate of drug-likeness (QED) is 0.741. The molecule has 0 aliphatic rings. The summed E-state index contributed by atoms with van der Waals surface area (Å²) in [4.78, 5) is 0.616. The molecule has 1 unspecified atom stereocenters. The van der Waals surface area contributed by atoms with Crippen molar-refractivity contribution in [1.82, 2.24) is 0 Å². The Balaban J connectivity index is 2.92. The topological polar surface area (TPSA) is 23.8 Å². The number of rotatable bonds is 4. The molecular weight excluding hydrogens is 259 g/mol. The van der Waals surface area contributed by atoms with E-state index in [1.54, 1.807) is 0 Å². The Hall–Kier alpha value is -1.15. The van der Waals surface area contributed by atoms with Gasteiger partial charge in [0.05, 0.1) is 11.1 Å². The Kier molecular flexibility index (Phi) is 5.09. The van der Waals surface area contributed by atoms with E-state index < -0.39 is 11.7 Å². The van der Waals surface area contributed by atoms with Crippen molar-refractivity contribution in [2.75, 3.05) is 5.75 Å². The third kappa shape index (κ3) is 3.95. The van der Waals surface area contributed by atoms with Crippen LogP contribution in [0.1, 0.15) is 31.4 Å². The second-order valence-corrected chi connectivity index (χ2v) is 5.21. The molecule has 1 aromatic carbocycles. The number of nitriles is 1. The Morgan fingerprint density at radius 1 is 1.39 bits per heavy atom. The van der Waals surface area contributed by atoms with Crippen molar-refractivity contribution >= 4 is 11.8 Å². The minimum absolute atomic E-state index is 0.0955. The van der Waals surface area contributed by atoms with Gasteiger partial charge in [0.15, 0.2) is 0 Å². The summed E-state index contributed by atoms with van der Waals surface area (Å²) in [7, 11) is 0. The number of halogens is 3. The van der Waals surface area contributed by atoms with Gasteiger partial charge >= 0.3 is 6.18 Å². The van der Waals surface area contributed by atoms with Gasteiger partial charge in [0.25, 0.3) is 0 Å². The van der Waals surface area contributed by atoms with E-state index in [0.717, 1.165) is 24.3 Å². The molecule has 1 atom stereocenters. The fourth-order valence-electron chi connectivity index (χ4n) is 1.27. The molecule has 0 radical (unpaired) electrons. The van der Waals surface area contributed by atoms with Crippen LogP contribution in [0.3, 0.4) is 0 Å². The highest BCUT2D eigenvalue weighted by Crippen LogP contribution is 2.33. The molecule has 0 saturated carbocycles. The van der Waals surface area contributed by atoms with Gasteiger partial charge in [-0.25, -0.2) is 0 Å². The molecule has 0 saturated heterocycles. The van der Waals surface area contributed by atoms with E-state index in [9.17, 15) is 13.2 Å². The fraction of sp³-hybridized carbons (Fsp3) is 0.462. The lowest BCUT2D eigenvalue weighted by atomic mass is 10.1. The molecular formula is C13H14F3NS. The number of alkyl halides is 3. The maximum absolute atomic E-state index is 12.5. The van der Waals surface area contributed by atoms with Crippen LogP contribution < -0.4 is 0 Å². The normalized spacial score (nSPS) is 13.1. The zero-order valence-corrected chi connectivity index (χ0v) is 11.0. The minimum atomic E-state index is -4.40. The molecule has 0 heterocycles. The second-order valence-electron chi connectivity index (χ2n) is 4.14. The van der Waals surface area contributed by atoms with Crippen LogP contribution in [-0.2, 0) is 6.18 Å². The summed E-state index contributed by atoms with van der Waals surface area (Å²) < 4.78 is 37.5. The van der Waals surface area contributed by atoms with Crippen molar-refractivity contribution in [3.8, 4) is 6.07 Å². The average Bonchev–Trinajstić information content (AvgIpc) is 2.34. The van der Waals surface area contributed by atoms with Crippen molar-refractivity contribution in [1.29, 1.82) is 5.26 Å². The van der Waals surface area contributed by atoms with Crippen molar-refractivity contribution in [2.45, 2.75) is 31.3 Å². The van der Waals surface area contributed by atoms with Gasteiger partial charge in [-0.2, -0.15) is 18.4 Å². The Morgan fingerprint density at radius 2 is 2.06 bits per heavy atom. The maximum Gasteiger partial charge on any atom is 0.416 e. The predicted octanol–water partition coefficient (Wildman–Crippen LogP) is 4.72. The van der Waals surface area contributed by atoms with Crippen molar-refractivity contribution < 1.29 is 13.2 Å². The lowest BCUT2D eigenvalue weighted by Crippen LogP contribution is -2.05. The Bertz CT molecular complexity index is 449. The third-order valence-electron chi connectivity index (χ3n) is 2.65. The molecule has 18 heavy (non-hydrogen) atoms. The van der Waals surface area contributed by atoms with Crippen LogP contribution in [0.15, 0.2) is 23.1 Å². The molecule has 0 fully saturated rings. The molecule has 0 bridgehead atoms. The highest BCUT2D eigenvalue weighted by Gasteiger charge is 2.31. The number of hydrogen-bond donors (Lipinski definition) is 0. The van der Waals surface area contributed by atoms with Gasteiger partial charge in [-0.15, -0.1) is 11.8 Å². The van der Waals surface area contributed by atoms with E-state index in [4.69, 9.17) is 5.26 Å². The Morgan fingerprint density at radius 3 is 2.56 bits per heavy atom. The Labute approximate surface area is 109 Å². The number of nitrogens with zero attached hydrogens (tertiary/aromatic N) is 1. The maximum atomic E-state index is 12.5. The van der Waals surface area contributed by atoms with Crippen LogP contribution in [-0.4, -0.2) is 5.75 Å². The van der Waals surface area contributed by atoms with E-state index in [1.807, 2.05) is 6.07 Å². The van der Waals surface area contributed by atoms with Gasteiger partial charge in [-0.1, -0.05) is 20.3 Å². The van der Waals surface area contributed by atoms with Gasteiger partial charge in [0, 0.05) is 10.6 Å². The van der Waals surface area contributed by atoms with E-state index in [2.05, 4.69) is 13.8 Å². The van der Waals surface area contributed by atoms with E-state index in [1.165, 1.54) is 17.8 Å². The highest BCUT2D eigenvalue weighted by atomic mass is 32.2. The SMILES string of the molecule is CCC(C)CSc1ccc(C(F)(F)F)cc1C#N. The van der Waals surface area contributed by atoms with Crippen LogP contribution >= 0.6 is 11.8 Å². The third-order valence-corrected chi connectivity index (χ3v) is 4.05. The smallest absolute Gasteiger partial charge is 0.192 e. The van der Waals surface area contributed by atoms with Crippen molar-refractivity contribution in [3.05, 3.63) is 29.3 Å². The van der Waals surface area contributed by atoms with E-state index in [-0.39, 0.29) is 5.56 Å². The van der Waals surface area contributed by atoms with Crippen LogP contribution in [0.5, 0.6) is 0 Å². The molecule has 1 aromatic rings. The molecule has 0 amide bonds. The van der Waals surface area contributed by atoms with Crippen LogP contribution in [0, 0.1) is 17.2 Å². The number of thioether (sulfide) groups is 1. The predicted molar refractivity (Wildman–Crippen MR) is 66.3 cm³/mol. The number of hydrogen-bond acceptors (Lipinski definition) is 2. The van der Waals surface area contributed by atoms with Gasteiger partial charge in [-0.05, 0) is 24.1 Å². The first-order chi connectivity index (χ1) is 8.38. The summed E-state index contributed by atoms with van der Waals surface area (Å²) in [5.74, 6) is 1.28. The molecule has 0 aliphatic heterocycles. The van der Waals surface area contributed by atoms with Crippen LogP contribution in [0.4, 0.5) is 13.2 Å². The zero-order valence-electron chi connectivity index (χ0n) is 10.2. The summed E-state index contributed by atoms with van der Waals surface area (Å²) in [5, 5.41) is 8.90. The minimum Gasteiger partial charge on any atom is -0.192 e. The first kappa shape index (κ1) is 14.9. The summed E-state index contributed by atoms with van der Waals surface area (Å²) >= 11 is 1.43. The van der Waals surface area contributed by atoms with Crippen molar-refractivity contribution in [2.24, 2.45) is 5.92 Å². The fourth-order valence-corrected chi connectivity index (χ4v) is 2.39. The highest BCUT2D eigenvalue weighted by molar-refractivity contribution is 7.99. The lowest BCUT2D eigenvalue weighted by Gasteiger charge is -2.11. The molecule has 1 nitrogen and oxygen atoms in total. The second kappa shape index (κ2) is 6.14. The van der Waals surface area contributed by atoms with Crippen LogP contribution in [0.25, 0.3) is 0 Å². The monoisotopic (exact) mass is 273 g/mol. The summed E-state index contributed by atoms with van der Waals surface area (Å²) in [6.45, 7) is 4.13. The van der Waals surface area contributed by atoms with E-state index in [0.29, 0.717) is 10.8 Å². The van der Waals surface area contributed by atoms with Gasteiger partial charge in [-0.3, -0.25) is 0 Å². The standard InChI is InChI=1S/C13H14F3NS/c1-3-9(2)8-18-12-5-4-11(13(14,15)16)6-10(12)7-17/h4-6,9H,3,8H2,1-2H3. The summed E-state index contributed by atoms with van der Waals surface area (Å²) in [6, 6.07) is 5.16. The molecule has 0 aromatic heterocycles. The largest absolute Gasteiger partial charge is 0.416 e. The summed E-state index contributed by atoms with van der Waals surface area (Å²) in [6.07, 6.45) is -3.39. The zero-order chi connectivity index (χ0) is 13.8.